The Bertz CT molecular complexity index is 635. The molecule has 0 radical (unpaired) electrons. The van der Waals surface area contributed by atoms with Gasteiger partial charge in [0.2, 0.25) is 0 Å². The van der Waals surface area contributed by atoms with E-state index in [1.807, 2.05) is 91.0 Å². The van der Waals surface area contributed by atoms with E-state index in [9.17, 15) is 0 Å². The molecule has 3 nitrogen and oxygen atoms in total. The first-order valence-electron chi connectivity index (χ1n) is 7.27. The molecule has 0 unspecified atom stereocenters. The fraction of sp³-hybridized carbons (Fsp3) is 0. The van der Waals surface area contributed by atoms with Crippen LogP contribution >= 0.6 is 37.7 Å². The molecule has 26 heavy (non-hydrogen) atoms. The third-order valence-corrected chi connectivity index (χ3v) is 3.85. The van der Waals surface area contributed by atoms with Crippen LogP contribution in [-0.2, 0) is 13.0 Å². The van der Waals surface area contributed by atoms with Crippen LogP contribution in [0.3, 0.4) is 0 Å². The van der Waals surface area contributed by atoms with Gasteiger partial charge < -0.3 is 13.6 Å². The van der Waals surface area contributed by atoms with Gasteiger partial charge in [0.1, 0.15) is 17.2 Å². The molecule has 0 spiro atoms. The predicted octanol–water partition coefficient (Wildman–Crippen LogP) is 7.52. The Morgan fingerprint density at radius 3 is 0.962 bits per heavy atom. The van der Waals surface area contributed by atoms with Crippen molar-refractivity contribution in [1.29, 1.82) is 0 Å². The number of benzene rings is 3. The Morgan fingerprint density at radius 1 is 0.500 bits per heavy atom. The van der Waals surface area contributed by atoms with Gasteiger partial charge in [-0.15, -0.1) is 0 Å². The zero-order valence-corrected chi connectivity index (χ0v) is 18.1. The third-order valence-electron chi connectivity index (χ3n) is 2.77. The summed E-state index contributed by atoms with van der Waals surface area (Å²) in [6.07, 6.45) is 0. The van der Waals surface area contributed by atoms with Crippen molar-refractivity contribution in [3.05, 3.63) is 91.0 Å². The quantitative estimate of drug-likeness (QED) is 0.249. The standard InChI is InChI=1S/C18H15O3P.3ClH.Rh/c1-4-10-16(11-5-1)19-22(20-17-12-6-2-7-13-17)21-18-14-8-3-9-15-18;;;;/h1-15H;3*1H;/q;;;;+3/p-3. The molecule has 0 amide bonds. The summed E-state index contributed by atoms with van der Waals surface area (Å²) in [6.45, 7) is 0. The Labute approximate surface area is 171 Å². The Hall–Kier alpha value is -1.02. The maximum atomic E-state index is 5.84. The number of hydrogen-bond donors (Lipinski definition) is 0. The van der Waals surface area contributed by atoms with Crippen molar-refractivity contribution in [2.75, 3.05) is 0 Å². The van der Waals surface area contributed by atoms with Crippen LogP contribution in [0.25, 0.3) is 0 Å². The summed E-state index contributed by atoms with van der Waals surface area (Å²) >= 11 is -1.66. The molecule has 0 fully saturated rings. The van der Waals surface area contributed by atoms with Crippen LogP contribution in [0.1, 0.15) is 0 Å². The predicted molar refractivity (Wildman–Crippen MR) is 106 cm³/mol. The number of halogens is 3. The summed E-state index contributed by atoms with van der Waals surface area (Å²) in [4.78, 5) is 0. The molecule has 0 aliphatic carbocycles. The van der Waals surface area contributed by atoms with Gasteiger partial charge in [-0.2, -0.15) is 0 Å². The molecule has 0 saturated heterocycles. The first-order valence-corrected chi connectivity index (χ1v) is 14.7. The van der Waals surface area contributed by atoms with E-state index < -0.39 is 21.6 Å². The van der Waals surface area contributed by atoms with Gasteiger partial charge in [-0.25, -0.2) is 0 Å². The van der Waals surface area contributed by atoms with E-state index in [1.165, 1.54) is 0 Å². The van der Waals surface area contributed by atoms with Gasteiger partial charge in [0.25, 0.3) is 0 Å². The van der Waals surface area contributed by atoms with Crippen molar-refractivity contribution in [1.82, 2.24) is 0 Å². The molecule has 3 aromatic carbocycles. The van der Waals surface area contributed by atoms with Crippen LogP contribution in [0.2, 0.25) is 0 Å². The Morgan fingerprint density at radius 2 is 0.731 bits per heavy atom. The van der Waals surface area contributed by atoms with E-state index >= 15 is 0 Å². The number of para-hydroxylation sites is 3. The average molecular weight is 520 g/mol. The monoisotopic (exact) mass is 518 g/mol. The second-order valence-electron chi connectivity index (χ2n) is 4.58. The molecule has 0 aliphatic heterocycles. The Balaban J connectivity index is 0.000000552. The fourth-order valence-corrected chi connectivity index (χ4v) is 2.75. The smallest absolute Gasteiger partial charge is 0.409 e. The molecular formula is C18H15Cl3O3PRh. The first-order chi connectivity index (χ1) is 12.6. The second kappa shape index (κ2) is 12.4. The third kappa shape index (κ3) is 9.08. The van der Waals surface area contributed by atoms with E-state index in [2.05, 4.69) is 0 Å². The van der Waals surface area contributed by atoms with Crippen LogP contribution < -0.4 is 13.6 Å². The SMILES string of the molecule is [Cl][Rh]([Cl])[Cl].c1ccc(OP(Oc2ccccc2)Oc2ccccc2)cc1. The van der Waals surface area contributed by atoms with Crippen LogP contribution in [0.4, 0.5) is 0 Å². The summed E-state index contributed by atoms with van der Waals surface area (Å²) in [6, 6.07) is 28.5. The number of hydrogen-bond acceptors (Lipinski definition) is 3. The van der Waals surface area contributed by atoms with E-state index in [-0.39, 0.29) is 0 Å². The van der Waals surface area contributed by atoms with Gasteiger partial charge >= 0.3 is 50.7 Å². The minimum atomic E-state index is -1.66. The van der Waals surface area contributed by atoms with E-state index in [1.54, 1.807) is 0 Å². The Kier molecular flexibility index (Phi) is 10.1. The molecule has 0 aliphatic rings. The molecule has 8 heteroatoms. The fourth-order valence-electron chi connectivity index (χ4n) is 1.76. The van der Waals surface area contributed by atoms with Gasteiger partial charge in [0.15, 0.2) is 0 Å². The normalized spacial score (nSPS) is 10.4. The van der Waals surface area contributed by atoms with Crippen molar-refractivity contribution < 1.29 is 26.6 Å². The van der Waals surface area contributed by atoms with Crippen molar-refractivity contribution in [2.45, 2.75) is 0 Å². The second-order valence-corrected chi connectivity index (χ2v) is 13.0. The minimum Gasteiger partial charge on any atom is -0.409 e. The molecule has 3 rings (SSSR count). The molecule has 0 N–H and O–H groups in total. The van der Waals surface area contributed by atoms with Gasteiger partial charge in [-0.3, -0.25) is 0 Å². The van der Waals surface area contributed by atoms with Gasteiger partial charge in [-0.05, 0) is 36.4 Å². The van der Waals surface area contributed by atoms with Crippen LogP contribution in [-0.4, -0.2) is 0 Å². The topological polar surface area (TPSA) is 27.7 Å². The molecule has 0 heterocycles. The molecular weight excluding hydrogens is 504 g/mol. The number of rotatable bonds is 6. The minimum absolute atomic E-state index is 0.709. The van der Waals surface area contributed by atoms with Crippen LogP contribution in [0.5, 0.6) is 17.2 Å². The largest absolute Gasteiger partial charge is 0.530 e. The van der Waals surface area contributed by atoms with E-state index in [0.29, 0.717) is 17.2 Å². The van der Waals surface area contributed by atoms with Crippen LogP contribution in [0.15, 0.2) is 91.0 Å². The van der Waals surface area contributed by atoms with Crippen molar-refractivity contribution in [2.24, 2.45) is 0 Å². The zero-order valence-electron chi connectivity index (χ0n) is 13.3. The van der Waals surface area contributed by atoms with E-state index in [0.717, 1.165) is 0 Å². The summed E-state index contributed by atoms with van der Waals surface area (Å²) in [5, 5.41) is 0. The van der Waals surface area contributed by atoms with Crippen molar-refractivity contribution in [3.8, 4) is 17.2 Å². The summed E-state index contributed by atoms with van der Waals surface area (Å²) in [5.41, 5.74) is 0. The van der Waals surface area contributed by atoms with Gasteiger partial charge in [0, 0.05) is 0 Å². The van der Waals surface area contributed by atoms with Crippen LogP contribution in [0, 0.1) is 0 Å². The summed E-state index contributed by atoms with van der Waals surface area (Å²) in [7, 11) is 13.2. The van der Waals surface area contributed by atoms with Gasteiger partial charge in [0.05, 0.1) is 0 Å². The summed E-state index contributed by atoms with van der Waals surface area (Å²) in [5.74, 6) is 2.13. The maximum Gasteiger partial charge on any atom is 0.530 e. The molecule has 0 bridgehead atoms. The zero-order chi connectivity index (χ0) is 18.6. The average Bonchev–Trinajstić information content (AvgIpc) is 2.64. The van der Waals surface area contributed by atoms with Crippen molar-refractivity contribution in [3.63, 3.8) is 0 Å². The first kappa shape index (κ1) is 21.3. The molecule has 0 saturated carbocycles. The van der Waals surface area contributed by atoms with Gasteiger partial charge in [-0.1, -0.05) is 54.6 Å². The maximum absolute atomic E-state index is 5.84. The molecule has 140 valence electrons. The molecule has 0 atom stereocenters. The van der Waals surface area contributed by atoms with E-state index in [4.69, 9.17) is 42.6 Å². The van der Waals surface area contributed by atoms with Crippen molar-refractivity contribution >= 4 is 37.7 Å². The molecule has 0 aromatic heterocycles. The molecule has 3 aromatic rings. The summed E-state index contributed by atoms with van der Waals surface area (Å²) < 4.78 is 17.5.